The fraction of sp³-hybridized carbons (Fsp3) is 0.778. The Kier molecular flexibility index (Phi) is 3.69. The molecule has 0 spiro atoms. The van der Waals surface area contributed by atoms with Crippen LogP contribution in [0.3, 0.4) is 0 Å². The maximum Gasteiger partial charge on any atom is 0.235 e. The van der Waals surface area contributed by atoms with Crippen LogP contribution in [0.25, 0.3) is 0 Å². The van der Waals surface area contributed by atoms with Gasteiger partial charge >= 0.3 is 0 Å². The van der Waals surface area contributed by atoms with Gasteiger partial charge in [0.2, 0.25) is 10.0 Å². The summed E-state index contributed by atoms with van der Waals surface area (Å²) in [6.07, 6.45) is 1.81. The molecule has 1 aliphatic rings. The van der Waals surface area contributed by atoms with Crippen LogP contribution < -0.4 is 0 Å². The molecule has 82 valence electrons. The summed E-state index contributed by atoms with van der Waals surface area (Å²) in [6, 6.07) is 0.506. The van der Waals surface area contributed by atoms with Crippen molar-refractivity contribution < 1.29 is 8.42 Å². The van der Waals surface area contributed by atoms with Crippen molar-refractivity contribution in [2.24, 2.45) is 0 Å². The van der Waals surface area contributed by atoms with Gasteiger partial charge in [-0.1, -0.05) is 6.58 Å². The number of hydrogen-bond donors (Lipinski definition) is 0. The van der Waals surface area contributed by atoms with Crippen LogP contribution in [0.4, 0.5) is 0 Å². The van der Waals surface area contributed by atoms with E-state index in [4.69, 9.17) is 0 Å². The van der Waals surface area contributed by atoms with E-state index in [0.717, 1.165) is 18.2 Å². The first-order valence-electron chi connectivity index (χ1n) is 4.76. The van der Waals surface area contributed by atoms with Crippen LogP contribution in [0, 0.1) is 0 Å². The summed E-state index contributed by atoms with van der Waals surface area (Å²) < 4.78 is 24.4. The maximum atomic E-state index is 11.4. The molecule has 14 heavy (non-hydrogen) atoms. The molecule has 0 amide bonds. The summed E-state index contributed by atoms with van der Waals surface area (Å²) in [5, 5.41) is 1.03. The van der Waals surface area contributed by atoms with Gasteiger partial charge < -0.3 is 4.90 Å². The summed E-state index contributed by atoms with van der Waals surface area (Å²) in [5.41, 5.74) is 0. The van der Waals surface area contributed by atoms with Gasteiger partial charge in [0.05, 0.1) is 0 Å². The molecular formula is C9H18N2O2S. The third-order valence-corrected chi connectivity index (χ3v) is 4.23. The second kappa shape index (κ2) is 4.42. The van der Waals surface area contributed by atoms with Crippen LogP contribution in [-0.4, -0.2) is 50.8 Å². The first-order valence-corrected chi connectivity index (χ1v) is 6.26. The van der Waals surface area contributed by atoms with E-state index in [9.17, 15) is 8.42 Å². The van der Waals surface area contributed by atoms with E-state index >= 15 is 0 Å². The van der Waals surface area contributed by atoms with E-state index in [1.165, 1.54) is 4.31 Å². The zero-order chi connectivity index (χ0) is 10.8. The highest BCUT2D eigenvalue weighted by atomic mass is 32.2. The Morgan fingerprint density at radius 2 is 1.86 bits per heavy atom. The second-order valence-corrected chi connectivity index (χ2v) is 5.69. The number of rotatable bonds is 3. The third kappa shape index (κ3) is 2.56. The molecule has 0 unspecified atom stereocenters. The van der Waals surface area contributed by atoms with Gasteiger partial charge in [-0.2, -0.15) is 4.31 Å². The number of hydrogen-bond acceptors (Lipinski definition) is 3. The standard InChI is InChI=1S/C9H18N2O2S/c1-4-14(12,13)11-7-5-9(6-8-11)10(2)3/h4,9H,1,5-8H2,2-3H3. The third-order valence-electron chi connectivity index (χ3n) is 2.72. The molecule has 0 N–H and O–H groups in total. The van der Waals surface area contributed by atoms with Crippen LogP contribution in [0.1, 0.15) is 12.8 Å². The lowest BCUT2D eigenvalue weighted by molar-refractivity contribution is 0.197. The average Bonchev–Trinajstić information content (AvgIpc) is 2.18. The lowest BCUT2D eigenvalue weighted by Gasteiger charge is -2.33. The van der Waals surface area contributed by atoms with Crippen molar-refractivity contribution in [1.82, 2.24) is 9.21 Å². The van der Waals surface area contributed by atoms with Gasteiger partial charge in [0.25, 0.3) is 0 Å². The summed E-state index contributed by atoms with van der Waals surface area (Å²) >= 11 is 0. The van der Waals surface area contributed by atoms with Crippen molar-refractivity contribution in [2.75, 3.05) is 27.2 Å². The fourth-order valence-corrected chi connectivity index (χ4v) is 2.65. The van der Waals surface area contributed by atoms with Crippen LogP contribution in [0.5, 0.6) is 0 Å². The summed E-state index contributed by atoms with van der Waals surface area (Å²) in [4.78, 5) is 2.15. The van der Waals surface area contributed by atoms with Crippen molar-refractivity contribution in [3.63, 3.8) is 0 Å². The first kappa shape index (κ1) is 11.7. The molecule has 0 aromatic heterocycles. The maximum absolute atomic E-state index is 11.4. The Hall–Kier alpha value is -0.390. The van der Waals surface area contributed by atoms with Gasteiger partial charge in [-0.3, -0.25) is 0 Å². The molecule has 4 nitrogen and oxygen atoms in total. The predicted molar refractivity (Wildman–Crippen MR) is 57.4 cm³/mol. The van der Waals surface area contributed by atoms with E-state index in [-0.39, 0.29) is 0 Å². The second-order valence-electron chi connectivity index (χ2n) is 3.81. The Labute approximate surface area is 86.2 Å². The Balaban J connectivity index is 2.56. The molecular weight excluding hydrogens is 200 g/mol. The zero-order valence-corrected chi connectivity index (χ0v) is 9.63. The van der Waals surface area contributed by atoms with Crippen molar-refractivity contribution in [2.45, 2.75) is 18.9 Å². The van der Waals surface area contributed by atoms with Gasteiger partial charge in [0.15, 0.2) is 0 Å². The fourth-order valence-electron chi connectivity index (χ4n) is 1.72. The monoisotopic (exact) mass is 218 g/mol. The van der Waals surface area contributed by atoms with Crippen molar-refractivity contribution >= 4 is 10.0 Å². The van der Waals surface area contributed by atoms with E-state index in [2.05, 4.69) is 11.5 Å². The zero-order valence-electron chi connectivity index (χ0n) is 8.81. The quantitative estimate of drug-likeness (QED) is 0.692. The molecule has 0 aromatic carbocycles. The number of piperidine rings is 1. The summed E-state index contributed by atoms with van der Waals surface area (Å²) in [5.74, 6) is 0. The van der Waals surface area contributed by atoms with Crippen LogP contribution in [0.15, 0.2) is 12.0 Å². The van der Waals surface area contributed by atoms with Crippen LogP contribution >= 0.6 is 0 Å². The van der Waals surface area contributed by atoms with E-state index in [0.29, 0.717) is 19.1 Å². The van der Waals surface area contributed by atoms with Gasteiger partial charge in [0.1, 0.15) is 0 Å². The highest BCUT2D eigenvalue weighted by Crippen LogP contribution is 2.17. The number of sulfonamides is 1. The minimum Gasteiger partial charge on any atom is -0.306 e. The van der Waals surface area contributed by atoms with E-state index in [1.807, 2.05) is 14.1 Å². The van der Waals surface area contributed by atoms with Crippen LogP contribution in [-0.2, 0) is 10.0 Å². The summed E-state index contributed by atoms with van der Waals surface area (Å²) in [6.45, 7) is 4.54. The normalized spacial score (nSPS) is 21.4. The van der Waals surface area contributed by atoms with Crippen molar-refractivity contribution in [1.29, 1.82) is 0 Å². The molecule has 0 atom stereocenters. The first-order chi connectivity index (χ1) is 6.47. The predicted octanol–water partition coefficient (Wildman–Crippen LogP) is 0.486. The van der Waals surface area contributed by atoms with Crippen LogP contribution in [0.2, 0.25) is 0 Å². The van der Waals surface area contributed by atoms with E-state index < -0.39 is 10.0 Å². The molecule has 1 rings (SSSR count). The molecule has 0 bridgehead atoms. The molecule has 1 saturated heterocycles. The van der Waals surface area contributed by atoms with Gasteiger partial charge in [-0.25, -0.2) is 8.42 Å². The molecule has 0 radical (unpaired) electrons. The van der Waals surface area contributed by atoms with Gasteiger partial charge in [-0.05, 0) is 26.9 Å². The minimum atomic E-state index is -3.19. The Bertz CT molecular complexity index is 290. The largest absolute Gasteiger partial charge is 0.306 e. The lowest BCUT2D eigenvalue weighted by Crippen LogP contribution is -2.43. The molecule has 0 aromatic rings. The number of nitrogens with zero attached hydrogens (tertiary/aromatic N) is 2. The van der Waals surface area contributed by atoms with Crippen molar-refractivity contribution in [3.8, 4) is 0 Å². The molecule has 5 heteroatoms. The molecule has 1 heterocycles. The smallest absolute Gasteiger partial charge is 0.235 e. The summed E-state index contributed by atoms with van der Waals surface area (Å²) in [7, 11) is 0.869. The van der Waals surface area contributed by atoms with Gasteiger partial charge in [-0.15, -0.1) is 0 Å². The van der Waals surface area contributed by atoms with E-state index in [1.54, 1.807) is 0 Å². The molecule has 0 saturated carbocycles. The molecule has 0 aliphatic carbocycles. The topological polar surface area (TPSA) is 40.6 Å². The van der Waals surface area contributed by atoms with Gasteiger partial charge in [0, 0.05) is 24.5 Å². The SMILES string of the molecule is C=CS(=O)(=O)N1CCC(N(C)C)CC1. The average molecular weight is 218 g/mol. The highest BCUT2D eigenvalue weighted by Gasteiger charge is 2.26. The Morgan fingerprint density at radius 3 is 2.21 bits per heavy atom. The highest BCUT2D eigenvalue weighted by molar-refractivity contribution is 7.92. The minimum absolute atomic E-state index is 0.506. The molecule has 1 aliphatic heterocycles. The van der Waals surface area contributed by atoms with Crippen molar-refractivity contribution in [3.05, 3.63) is 12.0 Å². The molecule has 1 fully saturated rings. The lowest BCUT2D eigenvalue weighted by atomic mass is 10.1. The Morgan fingerprint density at radius 1 is 1.36 bits per heavy atom.